The van der Waals surface area contributed by atoms with Gasteiger partial charge in [0.25, 0.3) is 5.78 Å². The number of ether oxygens (including phenoxy) is 2. The predicted octanol–water partition coefficient (Wildman–Crippen LogP) is 2.48. The lowest BCUT2D eigenvalue weighted by atomic mass is 9.90. The quantitative estimate of drug-likeness (QED) is 0.455. The smallest absolute Gasteiger partial charge is 0.416 e. The Morgan fingerprint density at radius 1 is 1.04 bits per heavy atom. The largest absolute Gasteiger partial charge is 0.465 e. The van der Waals surface area contributed by atoms with Crippen LogP contribution in [0.3, 0.4) is 0 Å². The Morgan fingerprint density at radius 3 is 2.13 bits per heavy atom. The van der Waals surface area contributed by atoms with Crippen molar-refractivity contribution in [2.45, 2.75) is 25.9 Å². The second-order valence-electron chi connectivity index (χ2n) is 4.35. The standard InChI is InChI=1S/C15H15F3O5/c1-3-22-13(20)11(12(19)14(21)23-4-2)9-7-5-6-8-10(9)15(16,17)18/h5-8,11H,3-4H2,1-2H3/t11-/m1/s1. The van der Waals surface area contributed by atoms with Crippen molar-refractivity contribution in [2.24, 2.45) is 0 Å². The molecule has 0 saturated heterocycles. The van der Waals surface area contributed by atoms with Crippen LogP contribution in [0.4, 0.5) is 13.2 Å². The van der Waals surface area contributed by atoms with Gasteiger partial charge >= 0.3 is 18.1 Å². The van der Waals surface area contributed by atoms with Gasteiger partial charge in [-0.25, -0.2) is 4.79 Å². The van der Waals surface area contributed by atoms with E-state index in [1.807, 2.05) is 0 Å². The molecule has 1 aromatic rings. The van der Waals surface area contributed by atoms with Gasteiger partial charge in [0.15, 0.2) is 5.92 Å². The third-order valence-corrected chi connectivity index (χ3v) is 2.84. The lowest BCUT2D eigenvalue weighted by molar-refractivity contribution is -0.159. The summed E-state index contributed by atoms with van der Waals surface area (Å²) in [5, 5.41) is 0. The monoisotopic (exact) mass is 332 g/mol. The van der Waals surface area contributed by atoms with Crippen LogP contribution in [0.2, 0.25) is 0 Å². The molecule has 0 unspecified atom stereocenters. The van der Waals surface area contributed by atoms with Gasteiger partial charge in [-0.15, -0.1) is 0 Å². The molecular weight excluding hydrogens is 317 g/mol. The van der Waals surface area contributed by atoms with Gasteiger partial charge < -0.3 is 9.47 Å². The van der Waals surface area contributed by atoms with Crippen molar-refractivity contribution in [3.05, 3.63) is 35.4 Å². The van der Waals surface area contributed by atoms with Crippen LogP contribution in [0.25, 0.3) is 0 Å². The summed E-state index contributed by atoms with van der Waals surface area (Å²) in [5.41, 5.74) is -1.83. The maximum atomic E-state index is 13.1. The fourth-order valence-electron chi connectivity index (χ4n) is 1.93. The minimum absolute atomic E-state index is 0.152. The Bertz CT molecular complexity index is 595. The third-order valence-electron chi connectivity index (χ3n) is 2.84. The number of benzene rings is 1. The zero-order valence-corrected chi connectivity index (χ0v) is 12.5. The van der Waals surface area contributed by atoms with Crippen LogP contribution >= 0.6 is 0 Å². The van der Waals surface area contributed by atoms with E-state index < -0.39 is 40.9 Å². The van der Waals surface area contributed by atoms with E-state index in [4.69, 9.17) is 0 Å². The van der Waals surface area contributed by atoms with E-state index in [-0.39, 0.29) is 13.2 Å². The zero-order valence-electron chi connectivity index (χ0n) is 12.5. The van der Waals surface area contributed by atoms with Gasteiger partial charge in [0.1, 0.15) is 0 Å². The van der Waals surface area contributed by atoms with E-state index in [9.17, 15) is 27.6 Å². The highest BCUT2D eigenvalue weighted by molar-refractivity contribution is 6.39. The maximum absolute atomic E-state index is 13.1. The van der Waals surface area contributed by atoms with Crippen molar-refractivity contribution in [3.63, 3.8) is 0 Å². The van der Waals surface area contributed by atoms with E-state index >= 15 is 0 Å². The summed E-state index contributed by atoms with van der Waals surface area (Å²) in [5.74, 6) is -6.04. The van der Waals surface area contributed by atoms with Crippen molar-refractivity contribution in [3.8, 4) is 0 Å². The molecule has 0 radical (unpaired) electrons. The van der Waals surface area contributed by atoms with Gasteiger partial charge in [-0.3, -0.25) is 9.59 Å². The van der Waals surface area contributed by atoms with E-state index in [0.29, 0.717) is 0 Å². The molecule has 0 aliphatic rings. The molecule has 5 nitrogen and oxygen atoms in total. The van der Waals surface area contributed by atoms with Crippen LogP contribution in [0, 0.1) is 0 Å². The fourth-order valence-corrected chi connectivity index (χ4v) is 1.93. The molecule has 23 heavy (non-hydrogen) atoms. The van der Waals surface area contributed by atoms with Gasteiger partial charge in [0.05, 0.1) is 18.8 Å². The highest BCUT2D eigenvalue weighted by atomic mass is 19.4. The lowest BCUT2D eigenvalue weighted by Crippen LogP contribution is -2.32. The number of hydrogen-bond acceptors (Lipinski definition) is 5. The Labute approximate surface area is 130 Å². The average molecular weight is 332 g/mol. The molecule has 0 saturated carbocycles. The first kappa shape index (κ1) is 18.7. The number of halogens is 3. The molecule has 0 spiro atoms. The number of Topliss-reactive ketones (excluding diaryl/α,β-unsaturated/α-hetero) is 1. The Balaban J connectivity index is 3.39. The number of ketones is 1. The first-order valence-electron chi connectivity index (χ1n) is 6.77. The first-order valence-corrected chi connectivity index (χ1v) is 6.77. The summed E-state index contributed by atoms with van der Waals surface area (Å²) in [4.78, 5) is 35.6. The second-order valence-corrected chi connectivity index (χ2v) is 4.35. The fraction of sp³-hybridized carbons (Fsp3) is 0.400. The van der Waals surface area contributed by atoms with E-state index in [1.54, 1.807) is 0 Å². The number of esters is 2. The SMILES string of the molecule is CCOC(=O)C(=O)[C@H](C(=O)OCC)c1ccccc1C(F)(F)F. The predicted molar refractivity (Wildman–Crippen MR) is 72.5 cm³/mol. The van der Waals surface area contributed by atoms with Gasteiger partial charge in [-0.2, -0.15) is 13.2 Å². The van der Waals surface area contributed by atoms with E-state index in [1.165, 1.54) is 19.9 Å². The van der Waals surface area contributed by atoms with Crippen molar-refractivity contribution >= 4 is 17.7 Å². The van der Waals surface area contributed by atoms with Gasteiger partial charge in [-0.1, -0.05) is 18.2 Å². The summed E-state index contributed by atoms with van der Waals surface area (Å²) in [7, 11) is 0. The summed E-state index contributed by atoms with van der Waals surface area (Å²) in [6.07, 6.45) is -4.80. The molecular formula is C15H15F3O5. The number of rotatable bonds is 6. The minimum atomic E-state index is -4.80. The lowest BCUT2D eigenvalue weighted by Gasteiger charge is -2.18. The summed E-state index contributed by atoms with van der Waals surface area (Å²) in [6.45, 7) is 2.55. The molecule has 1 rings (SSSR count). The molecule has 8 heteroatoms. The highest BCUT2D eigenvalue weighted by Crippen LogP contribution is 2.36. The second kappa shape index (κ2) is 7.75. The van der Waals surface area contributed by atoms with Crippen molar-refractivity contribution in [1.29, 1.82) is 0 Å². The van der Waals surface area contributed by atoms with Crippen molar-refractivity contribution in [2.75, 3.05) is 13.2 Å². The summed E-state index contributed by atoms with van der Waals surface area (Å²) < 4.78 is 48.4. The molecule has 0 heterocycles. The molecule has 126 valence electrons. The van der Waals surface area contributed by atoms with E-state index in [0.717, 1.165) is 18.2 Å². The van der Waals surface area contributed by atoms with Crippen LogP contribution in [0.5, 0.6) is 0 Å². The third kappa shape index (κ3) is 4.54. The van der Waals surface area contributed by atoms with Gasteiger partial charge in [-0.05, 0) is 25.5 Å². The Hall–Kier alpha value is -2.38. The van der Waals surface area contributed by atoms with Crippen LogP contribution in [-0.4, -0.2) is 30.9 Å². The minimum Gasteiger partial charge on any atom is -0.465 e. The molecule has 0 aromatic heterocycles. The number of alkyl halides is 3. The van der Waals surface area contributed by atoms with Gasteiger partial charge in [0.2, 0.25) is 0 Å². The molecule has 0 N–H and O–H groups in total. The summed E-state index contributed by atoms with van der Waals surface area (Å²) >= 11 is 0. The van der Waals surface area contributed by atoms with Crippen LogP contribution < -0.4 is 0 Å². The zero-order chi connectivity index (χ0) is 17.6. The highest BCUT2D eigenvalue weighted by Gasteiger charge is 2.42. The number of carbonyl (C=O) groups excluding carboxylic acids is 3. The normalized spacial score (nSPS) is 12.4. The molecule has 0 aliphatic carbocycles. The van der Waals surface area contributed by atoms with Crippen molar-refractivity contribution in [1.82, 2.24) is 0 Å². The molecule has 1 atom stereocenters. The molecule has 0 aliphatic heterocycles. The number of carbonyl (C=O) groups is 3. The Morgan fingerprint density at radius 2 is 1.61 bits per heavy atom. The average Bonchev–Trinajstić information content (AvgIpc) is 2.47. The topological polar surface area (TPSA) is 69.7 Å². The molecule has 0 bridgehead atoms. The molecule has 1 aromatic carbocycles. The molecule has 0 amide bonds. The molecule has 0 fully saturated rings. The number of hydrogen-bond donors (Lipinski definition) is 0. The Kier molecular flexibility index (Phi) is 6.29. The van der Waals surface area contributed by atoms with Crippen LogP contribution in [-0.2, 0) is 30.0 Å². The van der Waals surface area contributed by atoms with Crippen molar-refractivity contribution < 1.29 is 37.0 Å². The summed E-state index contributed by atoms with van der Waals surface area (Å²) in [6, 6.07) is 4.03. The van der Waals surface area contributed by atoms with E-state index in [2.05, 4.69) is 9.47 Å². The maximum Gasteiger partial charge on any atom is 0.416 e. The van der Waals surface area contributed by atoms with Gasteiger partial charge in [0, 0.05) is 0 Å². The van der Waals surface area contributed by atoms with Crippen LogP contribution in [0.1, 0.15) is 30.9 Å². The first-order chi connectivity index (χ1) is 10.7. The van der Waals surface area contributed by atoms with Crippen LogP contribution in [0.15, 0.2) is 24.3 Å².